The summed E-state index contributed by atoms with van der Waals surface area (Å²) in [5.74, 6) is -0.478. The zero-order valence-electron chi connectivity index (χ0n) is 15.0. The van der Waals surface area contributed by atoms with E-state index < -0.39 is 0 Å². The fourth-order valence-electron chi connectivity index (χ4n) is 4.53. The van der Waals surface area contributed by atoms with Crippen molar-refractivity contribution < 1.29 is 14.4 Å². The molecule has 3 aliphatic rings. The van der Waals surface area contributed by atoms with Gasteiger partial charge >= 0.3 is 0 Å². The van der Waals surface area contributed by atoms with Crippen molar-refractivity contribution in [1.82, 2.24) is 14.4 Å². The number of fused-ring (bicyclic) bond motifs is 2. The molecule has 0 spiro atoms. The van der Waals surface area contributed by atoms with E-state index in [9.17, 15) is 14.4 Å². The van der Waals surface area contributed by atoms with Crippen LogP contribution in [0, 0.1) is 11.8 Å². The standard InChI is InChI=1S/C21H21N3O3/c25-19(13-22-10-9-14-5-1-4-8-18(14)22)23-11-15(12-23)24-20(26)16-6-2-3-7-17(16)21(24)27/h1-5,8-10,15-17H,6-7,11-13H2. The van der Waals surface area contributed by atoms with Gasteiger partial charge in [0.15, 0.2) is 0 Å². The van der Waals surface area contributed by atoms with Crippen molar-refractivity contribution >= 4 is 28.6 Å². The molecule has 2 atom stereocenters. The van der Waals surface area contributed by atoms with E-state index in [0.717, 1.165) is 10.9 Å². The van der Waals surface area contributed by atoms with E-state index in [-0.39, 0.29) is 42.1 Å². The van der Waals surface area contributed by atoms with Crippen LogP contribution in [0.5, 0.6) is 0 Å². The zero-order valence-corrected chi connectivity index (χ0v) is 15.0. The number of allylic oxidation sites excluding steroid dienone is 2. The highest BCUT2D eigenvalue weighted by molar-refractivity contribution is 6.06. The van der Waals surface area contributed by atoms with Crippen molar-refractivity contribution in [3.05, 3.63) is 48.7 Å². The zero-order chi connectivity index (χ0) is 18.5. The van der Waals surface area contributed by atoms with E-state index in [1.165, 1.54) is 4.90 Å². The van der Waals surface area contributed by atoms with Crippen molar-refractivity contribution in [2.24, 2.45) is 11.8 Å². The monoisotopic (exact) mass is 363 g/mol. The lowest BCUT2D eigenvalue weighted by atomic mass is 9.85. The molecule has 27 heavy (non-hydrogen) atoms. The lowest BCUT2D eigenvalue weighted by Gasteiger charge is -2.43. The third-order valence-electron chi connectivity index (χ3n) is 6.11. The summed E-state index contributed by atoms with van der Waals surface area (Å²) in [6, 6.07) is 9.79. The number of carbonyl (C=O) groups is 3. The molecule has 1 aromatic carbocycles. The summed E-state index contributed by atoms with van der Waals surface area (Å²) in [7, 11) is 0. The van der Waals surface area contributed by atoms with Crippen molar-refractivity contribution in [2.75, 3.05) is 13.1 Å². The van der Waals surface area contributed by atoms with Crippen LogP contribution >= 0.6 is 0 Å². The summed E-state index contributed by atoms with van der Waals surface area (Å²) < 4.78 is 1.94. The van der Waals surface area contributed by atoms with Gasteiger partial charge in [0.1, 0.15) is 6.54 Å². The second-order valence-electron chi connectivity index (χ2n) is 7.66. The Morgan fingerprint density at radius 1 is 0.963 bits per heavy atom. The number of amides is 3. The number of benzene rings is 1. The number of carbonyl (C=O) groups excluding carboxylic acids is 3. The first-order valence-electron chi connectivity index (χ1n) is 9.47. The normalized spacial score (nSPS) is 25.2. The molecule has 0 bridgehead atoms. The first-order chi connectivity index (χ1) is 13.1. The Morgan fingerprint density at radius 3 is 2.33 bits per heavy atom. The van der Waals surface area contributed by atoms with Crippen LogP contribution < -0.4 is 0 Å². The molecule has 0 radical (unpaired) electrons. The Balaban J connectivity index is 1.24. The highest BCUT2D eigenvalue weighted by atomic mass is 16.2. The molecule has 2 saturated heterocycles. The molecule has 2 fully saturated rings. The second-order valence-corrected chi connectivity index (χ2v) is 7.66. The maximum Gasteiger partial charge on any atom is 0.242 e. The van der Waals surface area contributed by atoms with Gasteiger partial charge in [0.25, 0.3) is 0 Å². The Labute approximate surface area is 157 Å². The third kappa shape index (κ3) is 2.51. The van der Waals surface area contributed by atoms with Gasteiger partial charge in [-0.15, -0.1) is 0 Å². The number of aromatic nitrogens is 1. The van der Waals surface area contributed by atoms with E-state index in [1.54, 1.807) is 4.90 Å². The van der Waals surface area contributed by atoms with Crippen molar-refractivity contribution in [1.29, 1.82) is 0 Å². The van der Waals surface area contributed by atoms with Gasteiger partial charge in [0.05, 0.1) is 17.9 Å². The van der Waals surface area contributed by atoms with Gasteiger partial charge < -0.3 is 9.47 Å². The number of para-hydroxylation sites is 1. The van der Waals surface area contributed by atoms with Gasteiger partial charge in [0.2, 0.25) is 17.7 Å². The quantitative estimate of drug-likeness (QED) is 0.617. The Hall–Kier alpha value is -2.89. The highest BCUT2D eigenvalue weighted by Gasteiger charge is 2.52. The average Bonchev–Trinajstić information content (AvgIpc) is 3.16. The van der Waals surface area contributed by atoms with Crippen LogP contribution in [0.3, 0.4) is 0 Å². The minimum Gasteiger partial charge on any atom is -0.338 e. The van der Waals surface area contributed by atoms with E-state index in [4.69, 9.17) is 0 Å². The number of imide groups is 1. The van der Waals surface area contributed by atoms with Crippen molar-refractivity contribution in [2.45, 2.75) is 25.4 Å². The predicted octanol–water partition coefficient (Wildman–Crippen LogP) is 1.80. The Kier molecular flexibility index (Phi) is 3.67. The molecule has 2 aliphatic heterocycles. The molecule has 5 rings (SSSR count). The van der Waals surface area contributed by atoms with Crippen LogP contribution in [0.15, 0.2) is 48.7 Å². The predicted molar refractivity (Wildman–Crippen MR) is 99.5 cm³/mol. The molecule has 3 amide bonds. The number of hydrogen-bond acceptors (Lipinski definition) is 3. The maximum atomic E-state index is 12.6. The molecule has 2 aromatic rings. The van der Waals surface area contributed by atoms with Crippen LogP contribution in [0.25, 0.3) is 10.9 Å². The number of rotatable bonds is 3. The molecule has 6 nitrogen and oxygen atoms in total. The highest BCUT2D eigenvalue weighted by Crippen LogP contribution is 2.37. The average molecular weight is 363 g/mol. The molecule has 1 aromatic heterocycles. The lowest BCUT2D eigenvalue weighted by molar-refractivity contribution is -0.153. The fraction of sp³-hybridized carbons (Fsp3) is 0.381. The minimum absolute atomic E-state index is 0.0192. The van der Waals surface area contributed by atoms with Gasteiger partial charge in [-0.1, -0.05) is 30.4 Å². The van der Waals surface area contributed by atoms with Gasteiger partial charge in [-0.2, -0.15) is 0 Å². The first-order valence-corrected chi connectivity index (χ1v) is 9.47. The molecule has 3 heterocycles. The van der Waals surface area contributed by atoms with E-state index in [2.05, 4.69) is 0 Å². The van der Waals surface area contributed by atoms with Crippen LogP contribution in [-0.2, 0) is 20.9 Å². The van der Waals surface area contributed by atoms with Crippen molar-refractivity contribution in [3.63, 3.8) is 0 Å². The van der Waals surface area contributed by atoms with Crippen LogP contribution in [0.1, 0.15) is 12.8 Å². The van der Waals surface area contributed by atoms with E-state index in [1.807, 2.05) is 53.2 Å². The summed E-state index contributed by atoms with van der Waals surface area (Å²) >= 11 is 0. The summed E-state index contributed by atoms with van der Waals surface area (Å²) in [4.78, 5) is 41.1. The number of hydrogen-bond donors (Lipinski definition) is 0. The second kappa shape index (κ2) is 6.08. The first kappa shape index (κ1) is 16.3. The summed E-state index contributed by atoms with van der Waals surface area (Å²) in [5, 5.41) is 1.11. The van der Waals surface area contributed by atoms with E-state index >= 15 is 0 Å². The molecule has 138 valence electrons. The van der Waals surface area contributed by atoms with Crippen LogP contribution in [0.4, 0.5) is 0 Å². The molecule has 2 unspecified atom stereocenters. The molecule has 0 saturated carbocycles. The Morgan fingerprint density at radius 2 is 1.63 bits per heavy atom. The molecular weight excluding hydrogens is 342 g/mol. The van der Waals surface area contributed by atoms with Gasteiger partial charge in [-0.05, 0) is 30.4 Å². The number of nitrogens with zero attached hydrogens (tertiary/aromatic N) is 3. The van der Waals surface area contributed by atoms with E-state index in [0.29, 0.717) is 25.9 Å². The van der Waals surface area contributed by atoms with Crippen molar-refractivity contribution in [3.8, 4) is 0 Å². The lowest BCUT2D eigenvalue weighted by Crippen LogP contribution is -2.63. The summed E-state index contributed by atoms with van der Waals surface area (Å²) in [6.45, 7) is 1.17. The molecular formula is C21H21N3O3. The van der Waals surface area contributed by atoms with Gasteiger partial charge in [-0.3, -0.25) is 19.3 Å². The molecule has 0 N–H and O–H groups in total. The van der Waals surface area contributed by atoms with Gasteiger partial charge in [0, 0.05) is 24.8 Å². The maximum absolute atomic E-state index is 12.6. The van der Waals surface area contributed by atoms with Crippen LogP contribution in [0.2, 0.25) is 0 Å². The Bertz CT molecular complexity index is 944. The minimum atomic E-state index is -0.196. The molecule has 1 aliphatic carbocycles. The third-order valence-corrected chi connectivity index (χ3v) is 6.11. The van der Waals surface area contributed by atoms with Crippen LogP contribution in [-0.4, -0.2) is 51.2 Å². The largest absolute Gasteiger partial charge is 0.338 e. The summed E-state index contributed by atoms with van der Waals surface area (Å²) in [5.41, 5.74) is 1.03. The molecule has 6 heteroatoms. The summed E-state index contributed by atoms with van der Waals surface area (Å²) in [6.07, 6.45) is 7.22. The topological polar surface area (TPSA) is 62.6 Å². The smallest absolute Gasteiger partial charge is 0.242 e. The SMILES string of the molecule is O=C(Cn1ccc2ccccc21)N1CC(N2C(=O)C3CC=CCC3C2=O)C1. The fourth-order valence-corrected chi connectivity index (χ4v) is 4.53. The van der Waals surface area contributed by atoms with Gasteiger partial charge in [-0.25, -0.2) is 0 Å². The number of likely N-dealkylation sites (tertiary alicyclic amines) is 2.